The molecule has 150 valence electrons. The fourth-order valence-corrected chi connectivity index (χ4v) is 5.01. The summed E-state index contributed by atoms with van der Waals surface area (Å²) in [5.74, 6) is 0.348. The molecule has 0 aliphatic heterocycles. The smallest absolute Gasteiger partial charge is 0.261 e. The number of sulfonamides is 1. The number of halogens is 1. The van der Waals surface area contributed by atoms with E-state index >= 15 is 0 Å². The minimum Gasteiger partial charge on any atom is -0.388 e. The lowest BCUT2D eigenvalue weighted by Gasteiger charge is -2.17. The largest absolute Gasteiger partial charge is 0.388 e. The number of nitrogens with one attached hydrogen (secondary N) is 1. The van der Waals surface area contributed by atoms with Crippen molar-refractivity contribution in [1.82, 2.24) is 0 Å². The van der Waals surface area contributed by atoms with Crippen LogP contribution in [0.15, 0.2) is 82.2 Å². The Balaban J connectivity index is 1.55. The first kappa shape index (κ1) is 20.1. The van der Waals surface area contributed by atoms with E-state index in [4.69, 9.17) is 0 Å². The van der Waals surface area contributed by atoms with Crippen molar-refractivity contribution in [3.63, 3.8) is 0 Å². The number of para-hydroxylation sites is 1. The average Bonchev–Trinajstić information content (AvgIpc) is 3.49. The van der Waals surface area contributed by atoms with Crippen LogP contribution in [0, 0.1) is 12.8 Å². The first-order valence-electron chi connectivity index (χ1n) is 9.47. The normalized spacial score (nSPS) is 19.6. The summed E-state index contributed by atoms with van der Waals surface area (Å²) in [6.07, 6.45) is 0.141. The molecule has 0 amide bonds. The minimum absolute atomic E-state index is 0.0706. The molecule has 1 aliphatic carbocycles. The number of aryl methyl sites for hydroxylation is 1. The van der Waals surface area contributed by atoms with Crippen LogP contribution in [-0.2, 0) is 10.0 Å². The SMILES string of the molecule is Cc1ccc(S(=O)(=O)Nc2ccccc2C(O)C2CC2c2ccc(Br)cc2)cc1. The highest BCUT2D eigenvalue weighted by atomic mass is 79.9. The van der Waals surface area contributed by atoms with Gasteiger partial charge in [-0.05, 0) is 61.1 Å². The van der Waals surface area contributed by atoms with Crippen LogP contribution >= 0.6 is 15.9 Å². The van der Waals surface area contributed by atoms with E-state index in [0.29, 0.717) is 11.3 Å². The van der Waals surface area contributed by atoms with E-state index in [9.17, 15) is 13.5 Å². The van der Waals surface area contributed by atoms with Crippen LogP contribution in [0.2, 0.25) is 0 Å². The number of anilines is 1. The summed E-state index contributed by atoms with van der Waals surface area (Å²) in [5, 5.41) is 11.0. The molecule has 4 rings (SSSR count). The van der Waals surface area contributed by atoms with Gasteiger partial charge in [-0.3, -0.25) is 4.72 Å². The van der Waals surface area contributed by atoms with Gasteiger partial charge in [-0.1, -0.05) is 64.0 Å². The predicted octanol–water partition coefficient (Wildman–Crippen LogP) is 5.40. The van der Waals surface area contributed by atoms with Crippen molar-refractivity contribution in [2.24, 2.45) is 5.92 Å². The van der Waals surface area contributed by atoms with Crippen LogP contribution in [-0.4, -0.2) is 13.5 Å². The van der Waals surface area contributed by atoms with Crippen molar-refractivity contribution in [3.05, 3.63) is 94.0 Å². The van der Waals surface area contributed by atoms with Gasteiger partial charge in [0.1, 0.15) is 0 Å². The van der Waals surface area contributed by atoms with E-state index in [1.807, 2.05) is 25.1 Å². The molecule has 6 heteroatoms. The van der Waals surface area contributed by atoms with E-state index in [2.05, 4.69) is 32.8 Å². The van der Waals surface area contributed by atoms with Crippen LogP contribution in [0.5, 0.6) is 0 Å². The number of rotatable bonds is 6. The van der Waals surface area contributed by atoms with E-state index in [-0.39, 0.29) is 16.7 Å². The zero-order valence-electron chi connectivity index (χ0n) is 15.9. The molecule has 0 bridgehead atoms. The van der Waals surface area contributed by atoms with Crippen LogP contribution in [0.25, 0.3) is 0 Å². The van der Waals surface area contributed by atoms with Crippen molar-refractivity contribution in [2.75, 3.05) is 4.72 Å². The van der Waals surface area contributed by atoms with Crippen molar-refractivity contribution in [1.29, 1.82) is 0 Å². The molecule has 29 heavy (non-hydrogen) atoms. The lowest BCUT2D eigenvalue weighted by atomic mass is 10.00. The standard InChI is InChI=1S/C23H22BrNO3S/c1-15-6-12-18(13-7-15)29(27,28)25-22-5-3-2-4-19(22)23(26)21-14-20(21)16-8-10-17(24)11-9-16/h2-13,20-21,23,25-26H,14H2,1H3. The maximum absolute atomic E-state index is 12.8. The first-order chi connectivity index (χ1) is 13.8. The predicted molar refractivity (Wildman–Crippen MR) is 118 cm³/mol. The molecule has 3 unspecified atom stereocenters. The molecule has 2 N–H and O–H groups in total. The third kappa shape index (κ3) is 4.39. The number of aliphatic hydroxyl groups excluding tert-OH is 1. The summed E-state index contributed by atoms with van der Waals surface area (Å²) in [4.78, 5) is 0.201. The Morgan fingerprint density at radius 3 is 2.34 bits per heavy atom. The Hall–Kier alpha value is -2.15. The molecule has 0 saturated heterocycles. The van der Waals surface area contributed by atoms with Gasteiger partial charge in [0, 0.05) is 10.0 Å². The van der Waals surface area contributed by atoms with Crippen molar-refractivity contribution < 1.29 is 13.5 Å². The van der Waals surface area contributed by atoms with Gasteiger partial charge in [-0.15, -0.1) is 0 Å². The van der Waals surface area contributed by atoms with Crippen molar-refractivity contribution in [3.8, 4) is 0 Å². The number of benzene rings is 3. The second-order valence-corrected chi connectivity index (χ2v) is 10.1. The highest BCUT2D eigenvalue weighted by Crippen LogP contribution is 2.55. The molecule has 0 spiro atoms. The Morgan fingerprint density at radius 1 is 1.00 bits per heavy atom. The van der Waals surface area contributed by atoms with E-state index in [1.54, 1.807) is 42.5 Å². The molecule has 1 fully saturated rings. The lowest BCUT2D eigenvalue weighted by molar-refractivity contribution is 0.152. The van der Waals surface area contributed by atoms with Gasteiger partial charge in [0.2, 0.25) is 0 Å². The molecular formula is C23H22BrNO3S. The molecule has 3 aromatic rings. The summed E-state index contributed by atoms with van der Waals surface area (Å²) >= 11 is 3.44. The molecule has 4 nitrogen and oxygen atoms in total. The number of hydrogen-bond donors (Lipinski definition) is 2. The second-order valence-electron chi connectivity index (χ2n) is 7.51. The highest BCUT2D eigenvalue weighted by molar-refractivity contribution is 9.10. The van der Waals surface area contributed by atoms with Crippen LogP contribution in [0.4, 0.5) is 5.69 Å². The van der Waals surface area contributed by atoms with Gasteiger partial charge in [-0.2, -0.15) is 0 Å². The van der Waals surface area contributed by atoms with Crippen molar-refractivity contribution >= 4 is 31.6 Å². The molecule has 1 aliphatic rings. The van der Waals surface area contributed by atoms with Gasteiger partial charge in [0.05, 0.1) is 16.7 Å². The zero-order chi connectivity index (χ0) is 20.6. The molecule has 0 aromatic heterocycles. The molecular weight excluding hydrogens is 450 g/mol. The van der Waals surface area contributed by atoms with Gasteiger partial charge in [0.15, 0.2) is 0 Å². The first-order valence-corrected chi connectivity index (χ1v) is 11.7. The molecule has 0 radical (unpaired) electrons. The Labute approximate surface area is 179 Å². The summed E-state index contributed by atoms with van der Waals surface area (Å²) in [6, 6.07) is 21.9. The van der Waals surface area contributed by atoms with Crippen LogP contribution < -0.4 is 4.72 Å². The van der Waals surface area contributed by atoms with Gasteiger partial charge < -0.3 is 5.11 Å². The topological polar surface area (TPSA) is 66.4 Å². The van der Waals surface area contributed by atoms with Gasteiger partial charge >= 0.3 is 0 Å². The quantitative estimate of drug-likeness (QED) is 0.505. The van der Waals surface area contributed by atoms with Crippen LogP contribution in [0.1, 0.15) is 35.1 Å². The van der Waals surface area contributed by atoms with E-state index in [0.717, 1.165) is 16.5 Å². The fraction of sp³-hybridized carbons (Fsp3) is 0.217. The molecule has 3 atom stereocenters. The lowest BCUT2D eigenvalue weighted by Crippen LogP contribution is -2.15. The Morgan fingerprint density at radius 2 is 1.66 bits per heavy atom. The van der Waals surface area contributed by atoms with Gasteiger partial charge in [-0.25, -0.2) is 8.42 Å². The van der Waals surface area contributed by atoms with E-state index < -0.39 is 16.1 Å². The zero-order valence-corrected chi connectivity index (χ0v) is 18.3. The van der Waals surface area contributed by atoms with Crippen LogP contribution in [0.3, 0.4) is 0 Å². The van der Waals surface area contributed by atoms with Crippen molar-refractivity contribution in [2.45, 2.75) is 30.3 Å². The third-order valence-electron chi connectivity index (χ3n) is 5.40. The summed E-state index contributed by atoms with van der Waals surface area (Å²) < 4.78 is 29.3. The minimum atomic E-state index is -3.73. The number of hydrogen-bond acceptors (Lipinski definition) is 3. The van der Waals surface area contributed by atoms with E-state index in [1.165, 1.54) is 5.56 Å². The Kier molecular flexibility index (Phi) is 5.51. The third-order valence-corrected chi connectivity index (χ3v) is 7.31. The average molecular weight is 472 g/mol. The fourth-order valence-electron chi connectivity index (χ4n) is 3.66. The Bertz CT molecular complexity index is 1110. The number of aliphatic hydroxyl groups is 1. The highest BCUT2D eigenvalue weighted by Gasteiger charge is 2.44. The summed E-state index contributed by atoms with van der Waals surface area (Å²) in [5.41, 5.74) is 3.21. The maximum Gasteiger partial charge on any atom is 0.261 e. The summed E-state index contributed by atoms with van der Waals surface area (Å²) in [7, 11) is -3.73. The monoisotopic (exact) mass is 471 g/mol. The molecule has 0 heterocycles. The summed E-state index contributed by atoms with van der Waals surface area (Å²) in [6.45, 7) is 1.91. The second kappa shape index (κ2) is 7.94. The van der Waals surface area contributed by atoms with Gasteiger partial charge in [0.25, 0.3) is 10.0 Å². The maximum atomic E-state index is 12.8. The molecule has 1 saturated carbocycles. The molecule has 3 aromatic carbocycles.